The van der Waals surface area contributed by atoms with Crippen LogP contribution in [0.3, 0.4) is 0 Å². The first-order valence-corrected chi connectivity index (χ1v) is 3.39. The first-order valence-electron chi connectivity index (χ1n) is 3.39. The Morgan fingerprint density at radius 3 is 1.43 bits per heavy atom. The van der Waals surface area contributed by atoms with Gasteiger partial charge in [0.1, 0.15) is 18.0 Å². The number of aliphatic carboxylic acids is 3. The second-order valence-corrected chi connectivity index (χ2v) is 2.66. The van der Waals surface area contributed by atoms with Crippen LogP contribution in [0.25, 0.3) is 0 Å². The maximum atomic E-state index is 10.4. The Hall–Kier alpha value is -0.630. The van der Waals surface area contributed by atoms with E-state index in [9.17, 15) is 14.4 Å². The quantitative estimate of drug-likeness (QED) is 0.383. The van der Waals surface area contributed by atoms with Crippen LogP contribution in [0.1, 0.15) is 0 Å². The second kappa shape index (κ2) is 4.74. The number of carboxylic acids is 3. The van der Waals surface area contributed by atoms with Gasteiger partial charge in [0.15, 0.2) is 0 Å². The van der Waals surface area contributed by atoms with Gasteiger partial charge in [0, 0.05) is 0 Å². The monoisotopic (exact) mass is 213 g/mol. The van der Waals surface area contributed by atoms with E-state index in [1.807, 2.05) is 0 Å². The van der Waals surface area contributed by atoms with Crippen LogP contribution in [0.5, 0.6) is 0 Å². The standard InChI is InChI=1S/C6H7NO6.Na.H/c8-4(9)1-2(5(10)11)7-3(1)6(12)13;;/h1-3,7H,(H,8,9)(H,10,11)(H,12,13);;. The van der Waals surface area contributed by atoms with Gasteiger partial charge in [-0.15, -0.1) is 0 Å². The summed E-state index contributed by atoms with van der Waals surface area (Å²) < 4.78 is 0. The molecular formula is C6H8NNaO6. The van der Waals surface area contributed by atoms with E-state index in [4.69, 9.17) is 15.3 Å². The van der Waals surface area contributed by atoms with Crippen LogP contribution in [-0.2, 0) is 14.4 Å². The van der Waals surface area contributed by atoms with Crippen LogP contribution in [0.15, 0.2) is 0 Å². The summed E-state index contributed by atoms with van der Waals surface area (Å²) in [4.78, 5) is 31.1. The summed E-state index contributed by atoms with van der Waals surface area (Å²) in [6.45, 7) is 0. The van der Waals surface area contributed by atoms with E-state index in [-0.39, 0.29) is 29.6 Å². The molecule has 1 aliphatic rings. The van der Waals surface area contributed by atoms with Crippen LogP contribution in [-0.4, -0.2) is 74.9 Å². The molecule has 0 spiro atoms. The van der Waals surface area contributed by atoms with E-state index < -0.39 is 35.9 Å². The van der Waals surface area contributed by atoms with Gasteiger partial charge in [0.05, 0.1) is 0 Å². The molecule has 1 fully saturated rings. The predicted molar refractivity (Wildman–Crippen MR) is 44.3 cm³/mol. The van der Waals surface area contributed by atoms with Crippen molar-refractivity contribution in [1.82, 2.24) is 5.32 Å². The van der Waals surface area contributed by atoms with Crippen molar-refractivity contribution in [2.45, 2.75) is 12.1 Å². The molecule has 0 radical (unpaired) electrons. The molecule has 0 aromatic carbocycles. The molecule has 0 aromatic rings. The Morgan fingerprint density at radius 2 is 1.21 bits per heavy atom. The summed E-state index contributed by atoms with van der Waals surface area (Å²) in [6, 6.07) is -2.61. The van der Waals surface area contributed by atoms with E-state index >= 15 is 0 Å². The van der Waals surface area contributed by atoms with Crippen molar-refractivity contribution in [2.75, 3.05) is 0 Å². The third kappa shape index (κ3) is 2.24. The number of carbonyl (C=O) groups is 3. The van der Waals surface area contributed by atoms with E-state index in [0.29, 0.717) is 0 Å². The van der Waals surface area contributed by atoms with E-state index in [0.717, 1.165) is 0 Å². The SMILES string of the molecule is O=C(O)C1NC(C(=O)O)C1C(=O)O.[NaH]. The zero-order chi connectivity index (χ0) is 10.2. The van der Waals surface area contributed by atoms with E-state index in [1.54, 1.807) is 0 Å². The fourth-order valence-electron chi connectivity index (χ4n) is 1.21. The van der Waals surface area contributed by atoms with Crippen LogP contribution in [0.4, 0.5) is 0 Å². The molecule has 0 amide bonds. The van der Waals surface area contributed by atoms with Gasteiger partial charge in [-0.2, -0.15) is 0 Å². The molecule has 0 aliphatic carbocycles. The molecule has 2 atom stereocenters. The topological polar surface area (TPSA) is 124 Å². The van der Waals surface area contributed by atoms with Gasteiger partial charge in [-0.3, -0.25) is 19.7 Å². The van der Waals surface area contributed by atoms with Crippen molar-refractivity contribution >= 4 is 47.5 Å². The van der Waals surface area contributed by atoms with Gasteiger partial charge in [-0.1, -0.05) is 0 Å². The molecule has 14 heavy (non-hydrogen) atoms. The zero-order valence-corrected chi connectivity index (χ0v) is 6.30. The Kier molecular flexibility index (Phi) is 4.53. The number of nitrogens with one attached hydrogen (secondary N) is 1. The van der Waals surface area contributed by atoms with Crippen molar-refractivity contribution in [3.05, 3.63) is 0 Å². The number of hydrogen-bond donors (Lipinski definition) is 4. The Bertz CT molecular complexity index is 259. The molecule has 8 heteroatoms. The first-order chi connectivity index (χ1) is 5.95. The summed E-state index contributed by atoms with van der Waals surface area (Å²) in [6.07, 6.45) is 0. The minimum absolute atomic E-state index is 0. The number of rotatable bonds is 3. The molecule has 0 bridgehead atoms. The van der Waals surface area contributed by atoms with Crippen molar-refractivity contribution in [3.8, 4) is 0 Å². The molecule has 7 nitrogen and oxygen atoms in total. The van der Waals surface area contributed by atoms with Crippen LogP contribution in [0.2, 0.25) is 0 Å². The van der Waals surface area contributed by atoms with Crippen LogP contribution in [0, 0.1) is 5.92 Å². The molecule has 1 heterocycles. The van der Waals surface area contributed by atoms with Gasteiger partial charge >= 0.3 is 47.5 Å². The Balaban J connectivity index is 0.00000169. The van der Waals surface area contributed by atoms with E-state index in [1.165, 1.54) is 0 Å². The van der Waals surface area contributed by atoms with Gasteiger partial charge in [0.2, 0.25) is 0 Å². The average Bonchev–Trinajstić information content (AvgIpc) is 1.79. The average molecular weight is 213 g/mol. The predicted octanol–water partition coefficient (Wildman–Crippen LogP) is -2.45. The summed E-state index contributed by atoms with van der Waals surface area (Å²) in [7, 11) is 0. The molecular weight excluding hydrogens is 205 g/mol. The molecule has 1 saturated heterocycles. The summed E-state index contributed by atoms with van der Waals surface area (Å²) in [5.74, 6) is -5.52. The number of carboxylic acid groups (broad SMARTS) is 3. The molecule has 0 saturated carbocycles. The van der Waals surface area contributed by atoms with Crippen molar-refractivity contribution < 1.29 is 29.7 Å². The fraction of sp³-hybridized carbons (Fsp3) is 0.500. The summed E-state index contributed by atoms with van der Waals surface area (Å²) >= 11 is 0. The van der Waals surface area contributed by atoms with Crippen molar-refractivity contribution in [3.63, 3.8) is 0 Å². The van der Waals surface area contributed by atoms with Gasteiger partial charge < -0.3 is 15.3 Å². The summed E-state index contributed by atoms with van der Waals surface area (Å²) in [5, 5.41) is 27.5. The van der Waals surface area contributed by atoms with Crippen molar-refractivity contribution in [1.29, 1.82) is 0 Å². The van der Waals surface area contributed by atoms with Crippen molar-refractivity contribution in [2.24, 2.45) is 5.92 Å². The number of hydrogen-bond acceptors (Lipinski definition) is 4. The Morgan fingerprint density at radius 1 is 0.857 bits per heavy atom. The maximum absolute atomic E-state index is 10.4. The Labute approximate surface area is 100 Å². The van der Waals surface area contributed by atoms with E-state index in [2.05, 4.69) is 5.32 Å². The minimum atomic E-state index is -1.42. The molecule has 4 N–H and O–H groups in total. The third-order valence-corrected chi connectivity index (χ3v) is 1.89. The normalized spacial score (nSPS) is 29.6. The van der Waals surface area contributed by atoms with Gasteiger partial charge in [0.25, 0.3) is 0 Å². The fourth-order valence-corrected chi connectivity index (χ4v) is 1.21. The molecule has 1 aliphatic heterocycles. The summed E-state index contributed by atoms with van der Waals surface area (Å²) in [5.41, 5.74) is 0. The molecule has 74 valence electrons. The molecule has 1 rings (SSSR count). The first kappa shape index (κ1) is 13.4. The molecule has 2 unspecified atom stereocenters. The van der Waals surface area contributed by atoms with Gasteiger partial charge in [-0.25, -0.2) is 0 Å². The molecule has 0 aromatic heterocycles. The van der Waals surface area contributed by atoms with Crippen LogP contribution < -0.4 is 5.32 Å². The second-order valence-electron chi connectivity index (χ2n) is 2.66. The van der Waals surface area contributed by atoms with Gasteiger partial charge in [-0.05, 0) is 0 Å². The zero-order valence-electron chi connectivity index (χ0n) is 6.30. The van der Waals surface area contributed by atoms with Crippen LogP contribution >= 0.6 is 0 Å². The third-order valence-electron chi connectivity index (χ3n) is 1.89.